The molecule has 0 spiro atoms. The van der Waals surface area contributed by atoms with Gasteiger partial charge in [-0.25, -0.2) is 9.18 Å². The highest BCUT2D eigenvalue weighted by atomic mass is 32.1. The summed E-state index contributed by atoms with van der Waals surface area (Å²) in [6.07, 6.45) is 12.6. The van der Waals surface area contributed by atoms with E-state index in [2.05, 4.69) is 47.7 Å². The number of anilines is 2. The zero-order chi connectivity index (χ0) is 29.8. The van der Waals surface area contributed by atoms with Gasteiger partial charge in [0.2, 0.25) is 0 Å². The van der Waals surface area contributed by atoms with Crippen LogP contribution in [0.3, 0.4) is 0 Å². The van der Waals surface area contributed by atoms with Gasteiger partial charge >= 0.3 is 6.03 Å². The van der Waals surface area contributed by atoms with Crippen LogP contribution < -0.4 is 20.3 Å². The van der Waals surface area contributed by atoms with Crippen LogP contribution in [0.4, 0.5) is 20.6 Å². The SMILES string of the molecule is CCC(CC(=O)C(C)CC)CC1C=NC(c2cc3c(s2)C(Oc2ccc(NC(=O)NC4CC4)cc2F)=CCN3C)=CC1. The van der Waals surface area contributed by atoms with Gasteiger partial charge in [0.15, 0.2) is 11.6 Å². The van der Waals surface area contributed by atoms with Gasteiger partial charge in [-0.3, -0.25) is 9.79 Å². The van der Waals surface area contributed by atoms with Crippen LogP contribution in [0.1, 0.15) is 75.5 Å². The molecular weight excluding hydrogens is 551 g/mol. The fourth-order valence-electron chi connectivity index (χ4n) is 5.25. The first-order valence-corrected chi connectivity index (χ1v) is 15.9. The van der Waals surface area contributed by atoms with Crippen LogP contribution in [-0.4, -0.2) is 37.7 Å². The molecule has 1 fully saturated rings. The number of thiophene rings is 1. The fourth-order valence-corrected chi connectivity index (χ4v) is 6.42. The largest absolute Gasteiger partial charge is 0.453 e. The molecule has 3 unspecified atom stereocenters. The second-order valence-corrected chi connectivity index (χ2v) is 12.8. The number of nitrogens with zero attached hydrogens (tertiary/aromatic N) is 2. The number of aliphatic imine (C=N–C) groups is 1. The molecule has 1 saturated carbocycles. The summed E-state index contributed by atoms with van der Waals surface area (Å²) in [5.41, 5.74) is 2.34. The van der Waals surface area contributed by atoms with Crippen LogP contribution in [-0.2, 0) is 4.79 Å². The van der Waals surface area contributed by atoms with E-state index in [4.69, 9.17) is 9.73 Å². The third-order valence-electron chi connectivity index (χ3n) is 8.38. The van der Waals surface area contributed by atoms with Gasteiger partial charge in [0.25, 0.3) is 0 Å². The quantitative estimate of drug-likeness (QED) is 0.263. The molecule has 0 radical (unpaired) electrons. The molecule has 5 rings (SSSR count). The molecule has 224 valence electrons. The Bertz CT molecular complexity index is 1410. The maximum atomic E-state index is 15.0. The molecule has 2 amide bonds. The number of fused-ring (bicyclic) bond motifs is 1. The number of nitrogens with one attached hydrogen (secondary N) is 2. The molecule has 1 aliphatic carbocycles. The molecule has 2 N–H and O–H groups in total. The number of likely N-dealkylation sites (N-methyl/N-ethyl adjacent to an activating group) is 1. The molecule has 2 aliphatic heterocycles. The summed E-state index contributed by atoms with van der Waals surface area (Å²) in [7, 11) is 2.02. The predicted octanol–water partition coefficient (Wildman–Crippen LogP) is 7.89. The minimum absolute atomic E-state index is 0.106. The van der Waals surface area contributed by atoms with Crippen LogP contribution >= 0.6 is 11.3 Å². The average molecular weight is 593 g/mol. The van der Waals surface area contributed by atoms with Gasteiger partial charge in [-0.1, -0.05) is 33.3 Å². The molecule has 0 bridgehead atoms. The zero-order valence-electron chi connectivity index (χ0n) is 24.9. The summed E-state index contributed by atoms with van der Waals surface area (Å²) in [6.45, 7) is 6.90. The first-order chi connectivity index (χ1) is 20.2. The Kier molecular flexibility index (Phi) is 9.46. The Morgan fingerprint density at radius 3 is 2.67 bits per heavy atom. The van der Waals surface area contributed by atoms with Gasteiger partial charge in [-0.05, 0) is 68.2 Å². The predicted molar refractivity (Wildman–Crippen MR) is 170 cm³/mol. The van der Waals surface area contributed by atoms with E-state index in [1.54, 1.807) is 23.5 Å². The van der Waals surface area contributed by atoms with Gasteiger partial charge in [0, 0.05) is 49.9 Å². The van der Waals surface area contributed by atoms with Crippen molar-refractivity contribution in [2.45, 2.75) is 71.8 Å². The summed E-state index contributed by atoms with van der Waals surface area (Å²) >= 11 is 1.59. The van der Waals surface area contributed by atoms with Gasteiger partial charge in [0.05, 0.1) is 21.1 Å². The van der Waals surface area contributed by atoms with Crippen LogP contribution in [0.15, 0.2) is 41.4 Å². The lowest BCUT2D eigenvalue weighted by atomic mass is 9.84. The van der Waals surface area contributed by atoms with E-state index in [1.165, 1.54) is 6.07 Å². The molecule has 9 heteroatoms. The minimum Gasteiger partial charge on any atom is -0.453 e. The molecular formula is C33H41FN4O3S. The highest BCUT2D eigenvalue weighted by Gasteiger charge is 2.26. The van der Waals surface area contributed by atoms with Crippen molar-refractivity contribution in [3.8, 4) is 5.75 Å². The second-order valence-electron chi connectivity index (χ2n) is 11.7. The molecule has 3 heterocycles. The van der Waals surface area contributed by atoms with Crippen molar-refractivity contribution in [1.82, 2.24) is 5.32 Å². The second kappa shape index (κ2) is 13.2. The first-order valence-electron chi connectivity index (χ1n) is 15.1. The summed E-state index contributed by atoms with van der Waals surface area (Å²) in [5.74, 6) is 1.40. The summed E-state index contributed by atoms with van der Waals surface area (Å²) < 4.78 is 21.1. The lowest BCUT2D eigenvalue weighted by Crippen LogP contribution is -2.30. The minimum atomic E-state index is -0.542. The van der Waals surface area contributed by atoms with Crippen LogP contribution in [0.5, 0.6) is 5.75 Å². The zero-order valence-corrected chi connectivity index (χ0v) is 25.7. The normalized spacial score (nSPS) is 19.4. The molecule has 1 aromatic carbocycles. The lowest BCUT2D eigenvalue weighted by Gasteiger charge is -2.24. The Hall–Kier alpha value is -3.46. The number of amides is 2. The van der Waals surface area contributed by atoms with Crippen molar-refractivity contribution in [2.24, 2.45) is 22.7 Å². The number of urea groups is 1. The van der Waals surface area contributed by atoms with Crippen LogP contribution in [0, 0.1) is 23.6 Å². The number of ether oxygens (including phenoxy) is 1. The lowest BCUT2D eigenvalue weighted by molar-refractivity contribution is -0.123. The van der Waals surface area contributed by atoms with Gasteiger partial charge in [-0.15, -0.1) is 11.3 Å². The van der Waals surface area contributed by atoms with Crippen LogP contribution in [0.25, 0.3) is 11.5 Å². The van der Waals surface area contributed by atoms with Crippen molar-refractivity contribution in [3.63, 3.8) is 0 Å². The first kappa shape index (κ1) is 30.0. The third kappa shape index (κ3) is 7.30. The standard InChI is InChI=1S/C33H41FN4O3S/c1-5-20(3)28(39)16-21(6-2)15-22-7-11-26(35-19-22)31-18-27-32(42-31)30(13-14-38(27)4)41-29-12-10-24(17-25(29)34)37-33(40)36-23-8-9-23/h10-13,17-23H,5-9,14-16H2,1-4H3,(H2,36,37,40). The topological polar surface area (TPSA) is 83.0 Å². The average Bonchev–Trinajstić information content (AvgIpc) is 3.67. The summed E-state index contributed by atoms with van der Waals surface area (Å²) in [4.78, 5) is 33.4. The number of Topliss-reactive ketones (excluding diaryl/α,β-unsaturated/α-hetero) is 1. The number of hydrogen-bond acceptors (Lipinski definition) is 6. The number of allylic oxidation sites excluding steroid dienone is 1. The van der Waals surface area contributed by atoms with Crippen molar-refractivity contribution >= 4 is 52.2 Å². The van der Waals surface area contributed by atoms with E-state index in [0.29, 0.717) is 42.0 Å². The third-order valence-corrected chi connectivity index (χ3v) is 9.54. The number of hydrogen-bond donors (Lipinski definition) is 2. The van der Waals surface area contributed by atoms with E-state index in [0.717, 1.165) is 59.7 Å². The summed E-state index contributed by atoms with van der Waals surface area (Å²) in [5, 5.41) is 5.51. The van der Waals surface area contributed by atoms with Crippen molar-refractivity contribution in [2.75, 3.05) is 23.8 Å². The Balaban J connectivity index is 1.23. The maximum Gasteiger partial charge on any atom is 0.319 e. The van der Waals surface area contributed by atoms with E-state index in [-0.39, 0.29) is 23.7 Å². The summed E-state index contributed by atoms with van der Waals surface area (Å²) in [6, 6.07) is 6.49. The Labute approximate surface area is 251 Å². The van der Waals surface area contributed by atoms with Gasteiger partial charge < -0.3 is 20.3 Å². The number of benzene rings is 1. The molecule has 3 atom stereocenters. The van der Waals surface area contributed by atoms with Crippen molar-refractivity contribution in [1.29, 1.82) is 0 Å². The maximum absolute atomic E-state index is 15.0. The number of ketones is 1. The van der Waals surface area contributed by atoms with Gasteiger partial charge in [0.1, 0.15) is 11.5 Å². The van der Waals surface area contributed by atoms with E-state index in [1.807, 2.05) is 20.0 Å². The van der Waals surface area contributed by atoms with E-state index < -0.39 is 5.82 Å². The van der Waals surface area contributed by atoms with Crippen molar-refractivity contribution in [3.05, 3.63) is 52.0 Å². The molecule has 0 saturated heterocycles. The smallest absolute Gasteiger partial charge is 0.319 e. The van der Waals surface area contributed by atoms with E-state index in [9.17, 15) is 14.0 Å². The highest BCUT2D eigenvalue weighted by molar-refractivity contribution is 7.14. The number of carbonyl (C=O) groups excluding carboxylic acids is 2. The van der Waals surface area contributed by atoms with Gasteiger partial charge in [-0.2, -0.15) is 0 Å². The Morgan fingerprint density at radius 1 is 1.19 bits per heavy atom. The fraction of sp³-hybridized carbons (Fsp3) is 0.485. The van der Waals surface area contributed by atoms with E-state index >= 15 is 0 Å². The Morgan fingerprint density at radius 2 is 2.00 bits per heavy atom. The molecule has 3 aliphatic rings. The molecule has 7 nitrogen and oxygen atoms in total. The monoisotopic (exact) mass is 592 g/mol. The number of halogens is 1. The number of carbonyl (C=O) groups is 2. The number of rotatable bonds is 12. The van der Waals surface area contributed by atoms with Crippen LogP contribution in [0.2, 0.25) is 0 Å². The van der Waals surface area contributed by atoms with Crippen molar-refractivity contribution < 1.29 is 18.7 Å². The highest BCUT2D eigenvalue weighted by Crippen LogP contribution is 2.43. The molecule has 1 aromatic heterocycles. The molecule has 2 aromatic rings. The molecule has 42 heavy (non-hydrogen) atoms.